The molecule has 0 heterocycles. The average Bonchev–Trinajstić information content (AvgIpc) is 2.30. The Balaban J connectivity index is 2.66. The fourth-order valence-electron chi connectivity index (χ4n) is 1.80. The predicted octanol–water partition coefficient (Wildman–Crippen LogP) is 2.26. The zero-order valence-electron chi connectivity index (χ0n) is 12.1. The summed E-state index contributed by atoms with van der Waals surface area (Å²) in [6.45, 7) is 7.75. The molecule has 2 amide bonds. The quantitative estimate of drug-likeness (QED) is 0.885. The van der Waals surface area contributed by atoms with E-state index in [2.05, 4.69) is 5.32 Å². The molecule has 0 bridgehead atoms. The van der Waals surface area contributed by atoms with Crippen LogP contribution in [0.2, 0.25) is 0 Å². The van der Waals surface area contributed by atoms with E-state index >= 15 is 0 Å². The highest BCUT2D eigenvalue weighted by Gasteiger charge is 2.13. The van der Waals surface area contributed by atoms with Gasteiger partial charge < -0.3 is 10.2 Å². The standard InChI is InChI=1S/C15H22N2O2/c1-11(2)16-15(19)9-10-17(13(4)18)14-7-5-12(3)6-8-14/h5-8,11H,9-10H2,1-4H3,(H,16,19). The van der Waals surface area contributed by atoms with Gasteiger partial charge in [0.2, 0.25) is 11.8 Å². The van der Waals surface area contributed by atoms with Crippen molar-refractivity contribution in [2.45, 2.75) is 40.2 Å². The highest BCUT2D eigenvalue weighted by Crippen LogP contribution is 2.15. The maximum Gasteiger partial charge on any atom is 0.223 e. The largest absolute Gasteiger partial charge is 0.354 e. The average molecular weight is 262 g/mol. The summed E-state index contributed by atoms with van der Waals surface area (Å²) in [6, 6.07) is 7.84. The van der Waals surface area contributed by atoms with Gasteiger partial charge in [0, 0.05) is 31.6 Å². The molecule has 0 saturated heterocycles. The Hall–Kier alpha value is -1.84. The number of hydrogen-bond acceptors (Lipinski definition) is 2. The van der Waals surface area contributed by atoms with Gasteiger partial charge in [-0.25, -0.2) is 0 Å². The van der Waals surface area contributed by atoms with E-state index in [1.807, 2.05) is 45.0 Å². The van der Waals surface area contributed by atoms with Crippen molar-refractivity contribution in [1.82, 2.24) is 5.32 Å². The number of hydrogen-bond donors (Lipinski definition) is 1. The highest BCUT2D eigenvalue weighted by atomic mass is 16.2. The van der Waals surface area contributed by atoms with Crippen molar-refractivity contribution in [2.24, 2.45) is 0 Å². The van der Waals surface area contributed by atoms with Crippen LogP contribution in [0.15, 0.2) is 24.3 Å². The summed E-state index contributed by atoms with van der Waals surface area (Å²) in [4.78, 5) is 24.9. The molecule has 1 rings (SSSR count). The van der Waals surface area contributed by atoms with Crippen molar-refractivity contribution in [3.05, 3.63) is 29.8 Å². The van der Waals surface area contributed by atoms with Crippen molar-refractivity contribution >= 4 is 17.5 Å². The molecule has 0 aromatic heterocycles. The molecule has 0 aliphatic heterocycles. The second kappa shape index (κ2) is 6.92. The molecule has 104 valence electrons. The third-order valence-corrected chi connectivity index (χ3v) is 2.74. The molecule has 0 atom stereocenters. The van der Waals surface area contributed by atoms with E-state index < -0.39 is 0 Å². The van der Waals surface area contributed by atoms with Crippen molar-refractivity contribution in [3.8, 4) is 0 Å². The zero-order chi connectivity index (χ0) is 14.4. The summed E-state index contributed by atoms with van der Waals surface area (Å²) in [5, 5.41) is 2.82. The number of nitrogens with one attached hydrogen (secondary N) is 1. The monoisotopic (exact) mass is 262 g/mol. The molecule has 0 aliphatic rings. The molecule has 0 fully saturated rings. The Morgan fingerprint density at radius 2 is 1.79 bits per heavy atom. The summed E-state index contributed by atoms with van der Waals surface area (Å²) in [7, 11) is 0. The minimum atomic E-state index is -0.0544. The van der Waals surface area contributed by atoms with Gasteiger partial charge in [-0.15, -0.1) is 0 Å². The molecule has 19 heavy (non-hydrogen) atoms. The smallest absolute Gasteiger partial charge is 0.223 e. The normalized spacial score (nSPS) is 10.4. The van der Waals surface area contributed by atoms with E-state index in [-0.39, 0.29) is 17.9 Å². The lowest BCUT2D eigenvalue weighted by molar-refractivity contribution is -0.121. The first kappa shape index (κ1) is 15.2. The van der Waals surface area contributed by atoms with Crippen LogP contribution in [0.1, 0.15) is 32.8 Å². The third-order valence-electron chi connectivity index (χ3n) is 2.74. The van der Waals surface area contributed by atoms with E-state index in [1.165, 1.54) is 6.92 Å². The van der Waals surface area contributed by atoms with E-state index in [0.717, 1.165) is 11.3 Å². The topological polar surface area (TPSA) is 49.4 Å². The molecule has 0 aliphatic carbocycles. The summed E-state index contributed by atoms with van der Waals surface area (Å²) < 4.78 is 0. The van der Waals surface area contributed by atoms with E-state index in [0.29, 0.717) is 13.0 Å². The lowest BCUT2D eigenvalue weighted by Gasteiger charge is -2.21. The van der Waals surface area contributed by atoms with Crippen LogP contribution in [-0.2, 0) is 9.59 Å². The molecule has 4 nitrogen and oxygen atoms in total. The second-order valence-corrected chi connectivity index (χ2v) is 4.98. The summed E-state index contributed by atoms with van der Waals surface area (Å²) in [5.41, 5.74) is 1.97. The number of carbonyl (C=O) groups excluding carboxylic acids is 2. The highest BCUT2D eigenvalue weighted by molar-refractivity contribution is 5.92. The number of anilines is 1. The van der Waals surface area contributed by atoms with Gasteiger partial charge in [-0.05, 0) is 32.9 Å². The van der Waals surface area contributed by atoms with Crippen LogP contribution < -0.4 is 10.2 Å². The molecular weight excluding hydrogens is 240 g/mol. The van der Waals surface area contributed by atoms with Crippen LogP contribution in [0.4, 0.5) is 5.69 Å². The van der Waals surface area contributed by atoms with Crippen LogP contribution in [0, 0.1) is 6.92 Å². The first-order valence-corrected chi connectivity index (χ1v) is 6.54. The summed E-state index contributed by atoms with van der Waals surface area (Å²) >= 11 is 0. The van der Waals surface area contributed by atoms with Crippen molar-refractivity contribution in [2.75, 3.05) is 11.4 Å². The van der Waals surface area contributed by atoms with Crippen molar-refractivity contribution < 1.29 is 9.59 Å². The zero-order valence-corrected chi connectivity index (χ0v) is 12.1. The molecule has 1 aromatic carbocycles. The van der Waals surface area contributed by atoms with Crippen LogP contribution in [0.5, 0.6) is 0 Å². The number of amides is 2. The number of nitrogens with zero attached hydrogens (tertiary/aromatic N) is 1. The molecule has 0 radical (unpaired) electrons. The van der Waals surface area contributed by atoms with Gasteiger partial charge in [-0.1, -0.05) is 17.7 Å². The Kier molecular flexibility index (Phi) is 5.55. The molecule has 4 heteroatoms. The van der Waals surface area contributed by atoms with E-state index in [9.17, 15) is 9.59 Å². The first-order valence-electron chi connectivity index (χ1n) is 6.54. The van der Waals surface area contributed by atoms with E-state index in [1.54, 1.807) is 4.90 Å². The van der Waals surface area contributed by atoms with Gasteiger partial charge in [0.25, 0.3) is 0 Å². The Morgan fingerprint density at radius 3 is 2.26 bits per heavy atom. The number of carbonyl (C=O) groups is 2. The maximum atomic E-state index is 11.7. The van der Waals surface area contributed by atoms with Gasteiger partial charge in [0.15, 0.2) is 0 Å². The molecule has 0 saturated carbocycles. The van der Waals surface area contributed by atoms with Gasteiger partial charge in [0.1, 0.15) is 0 Å². The van der Waals surface area contributed by atoms with Gasteiger partial charge in [0.05, 0.1) is 0 Å². The molecule has 1 N–H and O–H groups in total. The minimum Gasteiger partial charge on any atom is -0.354 e. The molecule has 0 spiro atoms. The summed E-state index contributed by atoms with van der Waals surface area (Å²) in [6.07, 6.45) is 0.311. The summed E-state index contributed by atoms with van der Waals surface area (Å²) in [5.74, 6) is -0.0884. The molecular formula is C15H22N2O2. The molecule has 0 unspecified atom stereocenters. The molecule has 1 aromatic rings. The van der Waals surface area contributed by atoms with E-state index in [4.69, 9.17) is 0 Å². The Bertz CT molecular complexity index is 438. The lowest BCUT2D eigenvalue weighted by atomic mass is 10.2. The van der Waals surface area contributed by atoms with Crippen LogP contribution in [0.3, 0.4) is 0 Å². The predicted molar refractivity (Wildman–Crippen MR) is 77.1 cm³/mol. The van der Waals surface area contributed by atoms with Crippen molar-refractivity contribution in [1.29, 1.82) is 0 Å². The van der Waals surface area contributed by atoms with Gasteiger partial charge in [-0.3, -0.25) is 9.59 Å². The van der Waals surface area contributed by atoms with Crippen LogP contribution in [0.25, 0.3) is 0 Å². The van der Waals surface area contributed by atoms with Gasteiger partial charge >= 0.3 is 0 Å². The fourth-order valence-corrected chi connectivity index (χ4v) is 1.80. The number of benzene rings is 1. The third kappa shape index (κ3) is 5.12. The Morgan fingerprint density at radius 1 is 1.21 bits per heavy atom. The fraction of sp³-hybridized carbons (Fsp3) is 0.467. The van der Waals surface area contributed by atoms with Crippen LogP contribution in [-0.4, -0.2) is 24.4 Å². The lowest BCUT2D eigenvalue weighted by Crippen LogP contribution is -2.36. The van der Waals surface area contributed by atoms with Crippen LogP contribution >= 0.6 is 0 Å². The first-order chi connectivity index (χ1) is 8.90. The van der Waals surface area contributed by atoms with Crippen molar-refractivity contribution in [3.63, 3.8) is 0 Å². The number of aryl methyl sites for hydroxylation is 1. The SMILES string of the molecule is CC(=O)N(CCC(=O)NC(C)C)c1ccc(C)cc1. The minimum absolute atomic E-state index is 0.0339. The number of rotatable bonds is 5. The maximum absolute atomic E-state index is 11.7. The second-order valence-electron chi connectivity index (χ2n) is 4.98. The Labute approximate surface area is 114 Å². The van der Waals surface area contributed by atoms with Gasteiger partial charge in [-0.2, -0.15) is 0 Å².